The lowest BCUT2D eigenvalue weighted by Gasteiger charge is -2.16. The molecule has 1 heterocycles. The Morgan fingerprint density at radius 3 is 2.45 bits per heavy atom. The number of aromatic hydroxyl groups is 2. The van der Waals surface area contributed by atoms with Crippen molar-refractivity contribution >= 4 is 34.8 Å². The van der Waals surface area contributed by atoms with E-state index in [1.54, 1.807) is 43.5 Å². The highest BCUT2D eigenvalue weighted by molar-refractivity contribution is 6.36. The van der Waals surface area contributed by atoms with Crippen LogP contribution in [0.3, 0.4) is 0 Å². The Labute approximate surface area is 201 Å². The average Bonchev–Trinajstić information content (AvgIpc) is 3.39. The predicted molar refractivity (Wildman–Crippen MR) is 127 cm³/mol. The maximum Gasteiger partial charge on any atom is 0.255 e. The first kappa shape index (κ1) is 23.1. The monoisotopic (exact) mass is 490 g/mol. The molecule has 1 fully saturated rings. The van der Waals surface area contributed by atoms with Crippen LogP contribution in [0.25, 0.3) is 0 Å². The molecule has 0 atom stereocenters. The minimum Gasteiger partial charge on any atom is -0.494 e. The quantitative estimate of drug-likeness (QED) is 0.386. The number of carbonyl (C=O) groups is 1. The molecule has 0 aliphatic heterocycles. The van der Waals surface area contributed by atoms with Crippen molar-refractivity contribution in [3.63, 3.8) is 0 Å². The summed E-state index contributed by atoms with van der Waals surface area (Å²) >= 11 is 12.4. The van der Waals surface area contributed by atoms with Gasteiger partial charge in [-0.25, -0.2) is 0 Å². The molecule has 1 saturated carbocycles. The molecule has 1 aromatic heterocycles. The molecule has 174 valence electrons. The van der Waals surface area contributed by atoms with E-state index in [1.165, 1.54) is 10.6 Å². The van der Waals surface area contributed by atoms with E-state index in [1.807, 2.05) is 0 Å². The van der Waals surface area contributed by atoms with Gasteiger partial charge in [0.05, 0.1) is 19.8 Å². The fraction of sp³-hybridized carbons (Fsp3) is 0.292. The summed E-state index contributed by atoms with van der Waals surface area (Å²) in [4.78, 5) is 12.9. The number of hydrogen-bond acceptors (Lipinski definition) is 5. The molecule has 3 N–H and O–H groups in total. The fourth-order valence-corrected chi connectivity index (χ4v) is 4.42. The summed E-state index contributed by atoms with van der Waals surface area (Å²) < 4.78 is 12.6. The summed E-state index contributed by atoms with van der Waals surface area (Å²) in [5.41, 5.74) is 0.906. The van der Waals surface area contributed by atoms with E-state index in [-0.39, 0.29) is 30.1 Å². The van der Waals surface area contributed by atoms with Gasteiger partial charge in [0.2, 0.25) is 5.88 Å². The van der Waals surface area contributed by atoms with Crippen LogP contribution in [0, 0.1) is 0 Å². The molecule has 0 bridgehead atoms. The van der Waals surface area contributed by atoms with Crippen LogP contribution < -0.4 is 14.8 Å². The molecule has 4 rings (SSSR count). The van der Waals surface area contributed by atoms with Crippen molar-refractivity contribution < 1.29 is 24.5 Å². The molecule has 0 saturated heterocycles. The van der Waals surface area contributed by atoms with Crippen LogP contribution in [0.4, 0.5) is 5.69 Å². The smallest absolute Gasteiger partial charge is 0.255 e. The number of nitrogens with zero attached hydrogens (tertiary/aromatic N) is 1. The lowest BCUT2D eigenvalue weighted by Crippen LogP contribution is -2.14. The normalized spacial score (nSPS) is 13.8. The number of anilines is 1. The number of rotatable bonds is 7. The number of halogens is 2. The Hall–Kier alpha value is -3.03. The van der Waals surface area contributed by atoms with Gasteiger partial charge < -0.3 is 25.0 Å². The number of benzene rings is 2. The summed E-state index contributed by atoms with van der Waals surface area (Å²) in [5.74, 6) is -0.0135. The van der Waals surface area contributed by atoms with Gasteiger partial charge in [-0.3, -0.25) is 9.36 Å². The highest BCUT2D eigenvalue weighted by atomic mass is 35.5. The van der Waals surface area contributed by atoms with Crippen LogP contribution in [0.15, 0.2) is 42.5 Å². The van der Waals surface area contributed by atoms with Gasteiger partial charge in [-0.2, -0.15) is 0 Å². The van der Waals surface area contributed by atoms with Gasteiger partial charge in [-0.15, -0.1) is 0 Å². The minimum atomic E-state index is -0.475. The number of nitrogens with one attached hydrogen (secondary N) is 1. The Morgan fingerprint density at radius 2 is 1.79 bits per heavy atom. The van der Waals surface area contributed by atoms with E-state index in [4.69, 9.17) is 32.7 Å². The van der Waals surface area contributed by atoms with E-state index in [9.17, 15) is 15.0 Å². The van der Waals surface area contributed by atoms with Gasteiger partial charge in [-0.05, 0) is 56.0 Å². The second-order valence-electron chi connectivity index (χ2n) is 7.87. The zero-order chi connectivity index (χ0) is 23.5. The Morgan fingerprint density at radius 1 is 1.09 bits per heavy atom. The molecule has 1 aliphatic carbocycles. The summed E-state index contributed by atoms with van der Waals surface area (Å²) in [6.07, 6.45) is 4.27. The predicted octanol–water partition coefficient (Wildman–Crippen LogP) is 5.84. The molecule has 9 heteroatoms. The third-order valence-electron chi connectivity index (χ3n) is 5.69. The molecule has 33 heavy (non-hydrogen) atoms. The second-order valence-corrected chi connectivity index (χ2v) is 8.68. The van der Waals surface area contributed by atoms with Gasteiger partial charge in [0, 0.05) is 27.2 Å². The van der Waals surface area contributed by atoms with Crippen molar-refractivity contribution in [2.45, 2.75) is 38.3 Å². The van der Waals surface area contributed by atoms with Crippen molar-refractivity contribution in [1.82, 2.24) is 4.57 Å². The lowest BCUT2D eigenvalue weighted by molar-refractivity contribution is 0.102. The highest BCUT2D eigenvalue weighted by Gasteiger charge is 2.22. The molecule has 3 aromatic rings. The zero-order valence-electron chi connectivity index (χ0n) is 18.0. The Balaban J connectivity index is 1.55. The second kappa shape index (κ2) is 9.85. The highest BCUT2D eigenvalue weighted by Crippen LogP contribution is 2.37. The SMILES string of the molecule is COc1ccc(C(=O)Nc2cc(O)n(Cc3c(Cl)cccc3Cl)c2O)cc1OC1CCCC1. The number of aromatic nitrogens is 1. The first-order valence-corrected chi connectivity index (χ1v) is 11.3. The number of carbonyl (C=O) groups excluding carboxylic acids is 1. The van der Waals surface area contributed by atoms with Crippen LogP contribution in [-0.2, 0) is 6.54 Å². The van der Waals surface area contributed by atoms with E-state index >= 15 is 0 Å². The zero-order valence-corrected chi connectivity index (χ0v) is 19.5. The van der Waals surface area contributed by atoms with Gasteiger partial charge in [0.15, 0.2) is 17.4 Å². The molecular formula is C24H24Cl2N2O5. The number of hydrogen-bond donors (Lipinski definition) is 3. The number of methoxy groups -OCH3 is 1. The molecule has 2 aromatic carbocycles. The topological polar surface area (TPSA) is 93.0 Å². The van der Waals surface area contributed by atoms with Crippen LogP contribution in [0.2, 0.25) is 10.0 Å². The van der Waals surface area contributed by atoms with Gasteiger partial charge >= 0.3 is 0 Å². The standard InChI is InChI=1S/C24H24Cl2N2O5/c1-32-20-10-9-14(11-21(20)33-15-5-2-3-6-15)23(30)27-19-12-22(29)28(24(19)31)13-16-17(25)7-4-8-18(16)26/h4,7-12,15,29,31H,2-3,5-6,13H2,1H3,(H,27,30). The Bertz CT molecular complexity index is 1150. The minimum absolute atomic E-state index is 0.0218. The molecule has 7 nitrogen and oxygen atoms in total. The maximum atomic E-state index is 12.9. The summed E-state index contributed by atoms with van der Waals surface area (Å²) in [7, 11) is 1.55. The first-order valence-electron chi connectivity index (χ1n) is 10.6. The molecule has 1 amide bonds. The van der Waals surface area contributed by atoms with E-state index < -0.39 is 5.91 Å². The number of ether oxygens (including phenoxy) is 2. The number of amides is 1. The van der Waals surface area contributed by atoms with E-state index in [0.29, 0.717) is 32.7 Å². The molecule has 0 spiro atoms. The molecule has 1 aliphatic rings. The molecule has 0 radical (unpaired) electrons. The largest absolute Gasteiger partial charge is 0.494 e. The van der Waals surface area contributed by atoms with Crippen LogP contribution in [0.1, 0.15) is 41.6 Å². The summed E-state index contributed by atoms with van der Waals surface area (Å²) in [6, 6.07) is 11.2. The van der Waals surface area contributed by atoms with Crippen LogP contribution in [-0.4, -0.2) is 33.9 Å². The maximum absolute atomic E-state index is 12.9. The average molecular weight is 491 g/mol. The third kappa shape index (κ3) is 4.99. The summed E-state index contributed by atoms with van der Waals surface area (Å²) in [5, 5.41) is 24.4. The van der Waals surface area contributed by atoms with Gasteiger partial charge in [0.1, 0.15) is 5.69 Å². The van der Waals surface area contributed by atoms with Gasteiger partial charge in [-0.1, -0.05) is 29.3 Å². The van der Waals surface area contributed by atoms with Gasteiger partial charge in [0.25, 0.3) is 5.91 Å². The third-order valence-corrected chi connectivity index (χ3v) is 6.40. The molecule has 0 unspecified atom stereocenters. The van der Waals surface area contributed by atoms with Crippen molar-refractivity contribution in [1.29, 1.82) is 0 Å². The summed E-state index contributed by atoms with van der Waals surface area (Å²) in [6.45, 7) is 0.0218. The first-order chi connectivity index (χ1) is 15.9. The van der Waals surface area contributed by atoms with Crippen LogP contribution in [0.5, 0.6) is 23.3 Å². The van der Waals surface area contributed by atoms with E-state index in [0.717, 1.165) is 25.7 Å². The van der Waals surface area contributed by atoms with Crippen molar-refractivity contribution in [2.75, 3.05) is 12.4 Å². The van der Waals surface area contributed by atoms with Crippen molar-refractivity contribution in [3.05, 3.63) is 63.6 Å². The van der Waals surface area contributed by atoms with E-state index in [2.05, 4.69) is 5.32 Å². The van der Waals surface area contributed by atoms with Crippen molar-refractivity contribution in [3.8, 4) is 23.3 Å². The van der Waals surface area contributed by atoms with Crippen LogP contribution >= 0.6 is 23.2 Å². The van der Waals surface area contributed by atoms with Crippen molar-refractivity contribution in [2.24, 2.45) is 0 Å². The Kier molecular flexibility index (Phi) is 6.91. The molecular weight excluding hydrogens is 467 g/mol. The fourth-order valence-electron chi connectivity index (χ4n) is 3.91. The lowest BCUT2D eigenvalue weighted by atomic mass is 10.1.